The number of hydrogen-bond acceptors (Lipinski definition) is 8. The number of rotatable bonds is 24. The molecule has 272 valence electrons. The molecule has 9 heteroatoms. The van der Waals surface area contributed by atoms with Gasteiger partial charge in [-0.25, -0.2) is 0 Å². The van der Waals surface area contributed by atoms with Crippen molar-refractivity contribution in [3.05, 3.63) is 54.6 Å². The Balaban J connectivity index is 2.67. The second kappa shape index (κ2) is 21.4. The molecule has 0 heterocycles. The number of benzene rings is 3. The predicted octanol–water partition coefficient (Wildman–Crippen LogP) is 11.0. The van der Waals surface area contributed by atoms with Crippen LogP contribution in [-0.2, 0) is 8.98 Å². The van der Waals surface area contributed by atoms with Crippen LogP contribution in [0.5, 0.6) is 34.5 Å². The van der Waals surface area contributed by atoms with Crippen LogP contribution < -0.4 is 28.4 Å². The average molecular weight is 699 g/mol. The Morgan fingerprint density at radius 2 is 0.837 bits per heavy atom. The second-order valence-electron chi connectivity index (χ2n) is 11.7. The quantitative estimate of drug-likeness (QED) is 0.0914. The molecule has 0 bridgehead atoms. The van der Waals surface area contributed by atoms with Gasteiger partial charge >= 0.3 is 5.97 Å². The summed E-state index contributed by atoms with van der Waals surface area (Å²) in [6.07, 6.45) is 5.61. The van der Waals surface area contributed by atoms with E-state index in [0.717, 1.165) is 43.4 Å². The van der Waals surface area contributed by atoms with E-state index in [4.69, 9.17) is 32.6 Å². The smallest absolute Gasteiger partial charge is 0.317 e. The first kappa shape index (κ1) is 39.7. The number of hydrogen-bond donors (Lipinski definition) is 0. The minimum atomic E-state index is -3.03. The topological polar surface area (TPSA) is 81.7 Å². The van der Waals surface area contributed by atoms with E-state index in [1.165, 1.54) is 0 Å². The van der Waals surface area contributed by atoms with E-state index < -0.39 is 10.3 Å². The normalized spacial score (nSPS) is 11.5. The van der Waals surface area contributed by atoms with Crippen LogP contribution >= 0.6 is 10.3 Å². The molecule has 0 atom stereocenters. The Bertz CT molecular complexity index is 1280. The third-order valence-corrected chi connectivity index (χ3v) is 10.4. The molecule has 0 spiro atoms. The van der Waals surface area contributed by atoms with Crippen LogP contribution in [0.25, 0.3) is 0 Å². The van der Waals surface area contributed by atoms with E-state index in [1.807, 2.05) is 61.5 Å². The van der Waals surface area contributed by atoms with Crippen molar-refractivity contribution in [2.24, 2.45) is 0 Å². The first-order chi connectivity index (χ1) is 23.9. The highest BCUT2D eigenvalue weighted by molar-refractivity contribution is 8.30. The van der Waals surface area contributed by atoms with Crippen LogP contribution in [0.3, 0.4) is 0 Å². The van der Waals surface area contributed by atoms with E-state index in [-0.39, 0.29) is 12.4 Å². The number of carbonyl (C=O) groups excluding carboxylic acids is 1. The Morgan fingerprint density at radius 1 is 0.490 bits per heavy atom. The van der Waals surface area contributed by atoms with Gasteiger partial charge in [0.05, 0.1) is 39.6 Å². The summed E-state index contributed by atoms with van der Waals surface area (Å²) in [5, 5.41) is 0. The van der Waals surface area contributed by atoms with Crippen molar-refractivity contribution in [1.29, 1.82) is 0 Å². The molecule has 3 aromatic carbocycles. The Labute approximate surface area is 296 Å². The molecule has 0 N–H and O–H groups in total. The molecular formula is C40H58O8S. The largest absolute Gasteiger partial charge is 0.493 e. The summed E-state index contributed by atoms with van der Waals surface area (Å²) in [6, 6.07) is 17.5. The zero-order valence-electron chi connectivity index (χ0n) is 30.8. The molecule has 3 aromatic rings. The van der Waals surface area contributed by atoms with Gasteiger partial charge in [-0.05, 0) is 57.1 Å². The zero-order valence-corrected chi connectivity index (χ0v) is 31.6. The molecule has 8 nitrogen and oxygen atoms in total. The lowest BCUT2D eigenvalue weighted by Crippen LogP contribution is -2.18. The molecule has 0 aliphatic heterocycles. The van der Waals surface area contributed by atoms with Crippen molar-refractivity contribution >= 4 is 16.3 Å². The Hall–Kier alpha value is -3.72. The lowest BCUT2D eigenvalue weighted by atomic mass is 10.3. The van der Waals surface area contributed by atoms with E-state index in [9.17, 15) is 4.79 Å². The van der Waals surface area contributed by atoms with Gasteiger partial charge in [-0.15, -0.1) is 0 Å². The summed E-state index contributed by atoms with van der Waals surface area (Å²) in [6.45, 7) is 17.2. The molecule has 3 rings (SSSR count). The van der Waals surface area contributed by atoms with Gasteiger partial charge in [-0.2, -0.15) is 0 Å². The third kappa shape index (κ3) is 10.6. The van der Waals surface area contributed by atoms with Crippen LogP contribution in [0.1, 0.15) is 99.8 Å². The standard InChI is InChI=1S/C40H58O8S/c1-8-18-38(41)48-49(33-19-16-15-17-20-33,39-34(44-23-11-4)27-31(42-21-9-2)28-35(39)45-24-12-5)40-36(46-25-13-6)29-32(43-22-10-3)30-37(40)47-26-14-7/h15-17,19-20,27-30H,8-14,18,21-26H2,1-7H3. The number of carbonyl (C=O) groups is 1. The number of ether oxygens (including phenoxy) is 6. The summed E-state index contributed by atoms with van der Waals surface area (Å²) in [5.41, 5.74) is 0. The monoisotopic (exact) mass is 698 g/mol. The average Bonchev–Trinajstić information content (AvgIpc) is 3.12. The minimum Gasteiger partial charge on any atom is -0.493 e. The highest BCUT2D eigenvalue weighted by Gasteiger charge is 2.46. The molecule has 0 fully saturated rings. The molecule has 0 aliphatic rings. The van der Waals surface area contributed by atoms with Crippen molar-refractivity contribution in [3.63, 3.8) is 0 Å². The summed E-state index contributed by atoms with van der Waals surface area (Å²) in [5.74, 6) is 3.01. The minimum absolute atomic E-state index is 0.226. The van der Waals surface area contributed by atoms with E-state index in [1.54, 1.807) is 0 Å². The molecule has 0 aromatic heterocycles. The van der Waals surface area contributed by atoms with Gasteiger partial charge in [0.2, 0.25) is 0 Å². The van der Waals surface area contributed by atoms with Gasteiger partial charge < -0.3 is 32.6 Å². The van der Waals surface area contributed by atoms with Crippen LogP contribution in [0.15, 0.2) is 69.3 Å². The van der Waals surface area contributed by atoms with Gasteiger partial charge in [0.1, 0.15) is 44.3 Å². The molecule has 0 saturated carbocycles. The molecule has 0 saturated heterocycles. The first-order valence-electron chi connectivity index (χ1n) is 18.2. The Morgan fingerprint density at radius 3 is 1.16 bits per heavy atom. The van der Waals surface area contributed by atoms with Crippen LogP contribution in [0.4, 0.5) is 0 Å². The maximum absolute atomic E-state index is 14.1. The highest BCUT2D eigenvalue weighted by atomic mass is 32.3. The van der Waals surface area contributed by atoms with Crippen molar-refractivity contribution in [1.82, 2.24) is 0 Å². The summed E-state index contributed by atoms with van der Waals surface area (Å²) in [4.78, 5) is 16.1. The van der Waals surface area contributed by atoms with Crippen molar-refractivity contribution < 1.29 is 37.4 Å². The molecule has 0 amide bonds. The molecule has 0 unspecified atom stereocenters. The summed E-state index contributed by atoms with van der Waals surface area (Å²) >= 11 is 0. The zero-order chi connectivity index (χ0) is 35.5. The van der Waals surface area contributed by atoms with Gasteiger partial charge in [0, 0.05) is 45.9 Å². The maximum atomic E-state index is 14.1. The fraction of sp³-hybridized carbons (Fsp3) is 0.525. The summed E-state index contributed by atoms with van der Waals surface area (Å²) < 4.78 is 45.8. The van der Waals surface area contributed by atoms with Crippen molar-refractivity contribution in [3.8, 4) is 34.5 Å². The molecule has 0 aliphatic carbocycles. The highest BCUT2D eigenvalue weighted by Crippen LogP contribution is 2.77. The van der Waals surface area contributed by atoms with Gasteiger partial charge in [-0.1, -0.05) is 66.7 Å². The molecule has 49 heavy (non-hydrogen) atoms. The lowest BCUT2D eigenvalue weighted by molar-refractivity contribution is -0.133. The molecule has 0 radical (unpaired) electrons. The van der Waals surface area contributed by atoms with Crippen LogP contribution in [0.2, 0.25) is 0 Å². The SMILES string of the molecule is CCCOc1cc(OCCC)c(S(OC(=O)CCC)(c2ccccc2)c2c(OCCC)cc(OCCC)cc2OCCC)c(OCCC)c1. The fourth-order valence-electron chi connectivity index (χ4n) is 5.02. The Kier molecular flexibility index (Phi) is 17.3. The van der Waals surface area contributed by atoms with E-state index in [0.29, 0.717) is 90.4 Å². The molecular weight excluding hydrogens is 640 g/mol. The third-order valence-electron chi connectivity index (χ3n) is 7.10. The first-order valence-corrected chi connectivity index (χ1v) is 19.7. The van der Waals surface area contributed by atoms with E-state index >= 15 is 0 Å². The van der Waals surface area contributed by atoms with E-state index in [2.05, 4.69) is 41.5 Å². The van der Waals surface area contributed by atoms with Gasteiger partial charge in [-0.3, -0.25) is 4.79 Å². The van der Waals surface area contributed by atoms with Crippen molar-refractivity contribution in [2.45, 2.75) is 115 Å². The lowest BCUT2D eigenvalue weighted by Gasteiger charge is -2.42. The summed E-state index contributed by atoms with van der Waals surface area (Å²) in [7, 11) is -3.03. The second-order valence-corrected chi connectivity index (χ2v) is 14.2. The van der Waals surface area contributed by atoms with Gasteiger partial charge in [0.25, 0.3) is 0 Å². The van der Waals surface area contributed by atoms with Gasteiger partial charge in [0.15, 0.2) is 0 Å². The fourth-order valence-corrected chi connectivity index (χ4v) is 8.47. The van der Waals surface area contributed by atoms with Crippen LogP contribution in [-0.4, -0.2) is 45.6 Å². The predicted molar refractivity (Wildman–Crippen MR) is 197 cm³/mol. The van der Waals surface area contributed by atoms with Crippen LogP contribution in [0, 0.1) is 0 Å². The maximum Gasteiger partial charge on any atom is 0.317 e. The van der Waals surface area contributed by atoms with Crippen molar-refractivity contribution in [2.75, 3.05) is 39.6 Å².